The Bertz CT molecular complexity index is 1120. The van der Waals surface area contributed by atoms with Crippen LogP contribution < -0.4 is 10.3 Å². The number of rotatable bonds is 6. The molecule has 3 rings (SSSR count). The van der Waals surface area contributed by atoms with Gasteiger partial charge in [0.1, 0.15) is 24.0 Å². The SMILES string of the molecule is COC(=O)c1ccc(COc2ccc(-c3nc(SC)[nH]c(=O)c3C#N)cc2)cc1. The van der Waals surface area contributed by atoms with Gasteiger partial charge in [0.2, 0.25) is 0 Å². The summed E-state index contributed by atoms with van der Waals surface area (Å²) in [6.07, 6.45) is 1.79. The number of methoxy groups -OCH3 is 1. The highest BCUT2D eigenvalue weighted by molar-refractivity contribution is 7.98. The summed E-state index contributed by atoms with van der Waals surface area (Å²) >= 11 is 1.29. The number of nitriles is 1. The molecular formula is C21H17N3O4S. The summed E-state index contributed by atoms with van der Waals surface area (Å²) in [5, 5.41) is 9.73. The summed E-state index contributed by atoms with van der Waals surface area (Å²) < 4.78 is 10.4. The average molecular weight is 407 g/mol. The van der Waals surface area contributed by atoms with Crippen LogP contribution in [0.1, 0.15) is 21.5 Å². The lowest BCUT2D eigenvalue weighted by Crippen LogP contribution is -2.14. The van der Waals surface area contributed by atoms with E-state index in [9.17, 15) is 14.9 Å². The number of carbonyl (C=O) groups excluding carboxylic acids is 1. The largest absolute Gasteiger partial charge is 0.489 e. The zero-order valence-corrected chi connectivity index (χ0v) is 16.6. The van der Waals surface area contributed by atoms with E-state index in [-0.39, 0.29) is 11.5 Å². The Hall–Kier alpha value is -3.57. The van der Waals surface area contributed by atoms with E-state index in [1.165, 1.54) is 18.9 Å². The van der Waals surface area contributed by atoms with Crippen LogP contribution >= 0.6 is 11.8 Å². The molecule has 1 N–H and O–H groups in total. The van der Waals surface area contributed by atoms with Gasteiger partial charge in [-0.25, -0.2) is 9.78 Å². The fourth-order valence-corrected chi connectivity index (χ4v) is 2.97. The fraction of sp³-hybridized carbons (Fsp3) is 0.143. The first-order valence-electron chi connectivity index (χ1n) is 8.54. The van der Waals surface area contributed by atoms with E-state index >= 15 is 0 Å². The molecule has 1 aromatic heterocycles. The molecule has 8 heteroatoms. The summed E-state index contributed by atoms with van der Waals surface area (Å²) in [7, 11) is 1.34. The van der Waals surface area contributed by atoms with Crippen molar-refractivity contribution in [3.63, 3.8) is 0 Å². The van der Waals surface area contributed by atoms with Crippen LogP contribution in [0.15, 0.2) is 58.5 Å². The van der Waals surface area contributed by atoms with Crippen molar-refractivity contribution >= 4 is 17.7 Å². The molecule has 7 nitrogen and oxygen atoms in total. The summed E-state index contributed by atoms with van der Waals surface area (Å²) in [5.74, 6) is 0.238. The standard InChI is InChI=1S/C21H17N3O4S/c1-27-20(26)15-5-3-13(4-6-15)12-28-16-9-7-14(8-10-16)18-17(11-22)19(25)24-21(23-18)29-2/h3-10H,12H2,1-2H3,(H,23,24,25). The summed E-state index contributed by atoms with van der Waals surface area (Å²) in [6.45, 7) is 0.324. The van der Waals surface area contributed by atoms with E-state index in [0.717, 1.165) is 5.56 Å². The minimum absolute atomic E-state index is 0.0258. The van der Waals surface area contributed by atoms with Gasteiger partial charge in [-0.15, -0.1) is 0 Å². The number of benzene rings is 2. The van der Waals surface area contributed by atoms with Gasteiger partial charge in [0.15, 0.2) is 5.16 Å². The van der Waals surface area contributed by atoms with Crippen molar-refractivity contribution in [2.45, 2.75) is 11.8 Å². The number of aromatic amines is 1. The zero-order chi connectivity index (χ0) is 20.8. The molecule has 1 heterocycles. The highest BCUT2D eigenvalue weighted by Crippen LogP contribution is 2.24. The minimum atomic E-state index is -0.461. The Morgan fingerprint density at radius 2 is 1.86 bits per heavy atom. The third-order valence-electron chi connectivity index (χ3n) is 4.11. The number of nitrogens with zero attached hydrogens (tertiary/aromatic N) is 2. The number of nitrogens with one attached hydrogen (secondary N) is 1. The maximum absolute atomic E-state index is 12.1. The van der Waals surface area contributed by atoms with Crippen LogP contribution in [-0.2, 0) is 11.3 Å². The number of ether oxygens (including phenoxy) is 2. The summed E-state index contributed by atoms with van der Waals surface area (Å²) in [4.78, 5) is 30.4. The van der Waals surface area contributed by atoms with Crippen molar-refractivity contribution < 1.29 is 14.3 Å². The van der Waals surface area contributed by atoms with Gasteiger partial charge in [-0.2, -0.15) is 5.26 Å². The van der Waals surface area contributed by atoms with Gasteiger partial charge in [0.25, 0.3) is 5.56 Å². The Labute approximate surface area is 171 Å². The normalized spacial score (nSPS) is 10.2. The van der Waals surface area contributed by atoms with E-state index in [4.69, 9.17) is 4.74 Å². The van der Waals surface area contributed by atoms with Gasteiger partial charge in [0.05, 0.1) is 18.4 Å². The second-order valence-corrected chi connectivity index (χ2v) is 6.71. The Morgan fingerprint density at radius 3 is 2.45 bits per heavy atom. The molecule has 3 aromatic rings. The number of H-pyrrole nitrogens is 1. The minimum Gasteiger partial charge on any atom is -0.489 e. The van der Waals surface area contributed by atoms with Crippen molar-refractivity contribution in [2.75, 3.05) is 13.4 Å². The van der Waals surface area contributed by atoms with E-state index in [1.807, 2.05) is 6.07 Å². The van der Waals surface area contributed by atoms with Crippen molar-refractivity contribution in [1.29, 1.82) is 5.26 Å². The lowest BCUT2D eigenvalue weighted by molar-refractivity contribution is 0.0600. The molecule has 0 aliphatic carbocycles. The molecule has 0 fully saturated rings. The maximum Gasteiger partial charge on any atom is 0.337 e. The van der Waals surface area contributed by atoms with Gasteiger partial charge in [-0.3, -0.25) is 4.79 Å². The second kappa shape index (κ2) is 9.08. The van der Waals surface area contributed by atoms with E-state index in [2.05, 4.69) is 14.7 Å². The maximum atomic E-state index is 12.1. The van der Waals surface area contributed by atoms with Crippen LogP contribution in [0.4, 0.5) is 0 Å². The van der Waals surface area contributed by atoms with Crippen LogP contribution in [0.5, 0.6) is 5.75 Å². The lowest BCUT2D eigenvalue weighted by Gasteiger charge is -2.09. The first-order chi connectivity index (χ1) is 14.0. The monoisotopic (exact) mass is 407 g/mol. The molecule has 0 atom stereocenters. The first-order valence-corrected chi connectivity index (χ1v) is 9.77. The van der Waals surface area contributed by atoms with Gasteiger partial charge in [0, 0.05) is 5.56 Å². The highest BCUT2D eigenvalue weighted by Gasteiger charge is 2.13. The topological polar surface area (TPSA) is 105 Å². The van der Waals surface area contributed by atoms with Gasteiger partial charge in [-0.05, 0) is 48.2 Å². The fourth-order valence-electron chi connectivity index (χ4n) is 2.59. The molecule has 0 bridgehead atoms. The molecule has 0 spiro atoms. The third-order valence-corrected chi connectivity index (χ3v) is 4.69. The molecule has 0 aliphatic heterocycles. The smallest absolute Gasteiger partial charge is 0.337 e. The first kappa shape index (κ1) is 20.2. The predicted molar refractivity (Wildman–Crippen MR) is 109 cm³/mol. The van der Waals surface area contributed by atoms with Crippen LogP contribution in [0.2, 0.25) is 0 Å². The zero-order valence-electron chi connectivity index (χ0n) is 15.8. The Kier molecular flexibility index (Phi) is 6.32. The number of esters is 1. The molecule has 0 amide bonds. The summed E-state index contributed by atoms with van der Waals surface area (Å²) in [6, 6.07) is 15.9. The third kappa shape index (κ3) is 4.65. The second-order valence-electron chi connectivity index (χ2n) is 5.91. The number of aromatic nitrogens is 2. The van der Waals surface area contributed by atoms with Crippen molar-refractivity contribution in [3.8, 4) is 23.1 Å². The molecule has 0 unspecified atom stereocenters. The number of thioether (sulfide) groups is 1. The van der Waals surface area contributed by atoms with Gasteiger partial charge < -0.3 is 14.5 Å². The van der Waals surface area contributed by atoms with Gasteiger partial charge in [-0.1, -0.05) is 23.9 Å². The molecule has 0 saturated carbocycles. The lowest BCUT2D eigenvalue weighted by atomic mass is 10.1. The van der Waals surface area contributed by atoms with Crippen LogP contribution in [-0.4, -0.2) is 29.3 Å². The molecular weight excluding hydrogens is 390 g/mol. The van der Waals surface area contributed by atoms with Crippen LogP contribution in [0, 0.1) is 11.3 Å². The Balaban J connectivity index is 1.74. The quantitative estimate of drug-likeness (QED) is 0.379. The number of hydrogen-bond donors (Lipinski definition) is 1. The highest BCUT2D eigenvalue weighted by atomic mass is 32.2. The molecule has 0 saturated heterocycles. The van der Waals surface area contributed by atoms with Crippen molar-refractivity contribution in [3.05, 3.63) is 75.6 Å². The number of carbonyl (C=O) groups is 1. The van der Waals surface area contributed by atoms with Crippen LogP contribution in [0.25, 0.3) is 11.3 Å². The summed E-state index contributed by atoms with van der Waals surface area (Å²) in [5.41, 5.74) is 1.88. The van der Waals surface area contributed by atoms with Crippen molar-refractivity contribution in [1.82, 2.24) is 9.97 Å². The van der Waals surface area contributed by atoms with E-state index in [1.54, 1.807) is 54.8 Å². The predicted octanol–water partition coefficient (Wildman–Crippen LogP) is 3.40. The molecule has 0 radical (unpaired) electrons. The van der Waals surface area contributed by atoms with Gasteiger partial charge >= 0.3 is 5.97 Å². The number of hydrogen-bond acceptors (Lipinski definition) is 7. The average Bonchev–Trinajstić information content (AvgIpc) is 2.77. The Morgan fingerprint density at radius 1 is 1.17 bits per heavy atom. The van der Waals surface area contributed by atoms with E-state index in [0.29, 0.717) is 34.3 Å². The molecule has 2 aromatic carbocycles. The molecule has 146 valence electrons. The van der Waals surface area contributed by atoms with Crippen LogP contribution in [0.3, 0.4) is 0 Å². The molecule has 0 aliphatic rings. The molecule has 29 heavy (non-hydrogen) atoms. The van der Waals surface area contributed by atoms with Crippen molar-refractivity contribution in [2.24, 2.45) is 0 Å². The van der Waals surface area contributed by atoms with E-state index < -0.39 is 5.56 Å².